The smallest absolute Gasteiger partial charge is 0.0404 e. The fourth-order valence-corrected chi connectivity index (χ4v) is 4.15. The van der Waals surface area contributed by atoms with Crippen LogP contribution in [0.3, 0.4) is 0 Å². The molecule has 0 saturated heterocycles. The van der Waals surface area contributed by atoms with Crippen LogP contribution in [-0.2, 0) is 0 Å². The highest BCUT2D eigenvalue weighted by atomic mass is 15.1. The van der Waals surface area contributed by atoms with Gasteiger partial charge in [0.2, 0.25) is 0 Å². The highest BCUT2D eigenvalue weighted by Crippen LogP contribution is 2.39. The van der Waals surface area contributed by atoms with Crippen LogP contribution in [0.25, 0.3) is 0 Å². The van der Waals surface area contributed by atoms with Crippen molar-refractivity contribution in [1.82, 2.24) is 0 Å². The molecule has 0 fully saturated rings. The molecule has 0 atom stereocenters. The number of anilines is 2. The Kier molecular flexibility index (Phi) is 9.06. The van der Waals surface area contributed by atoms with Gasteiger partial charge in [0.1, 0.15) is 0 Å². The van der Waals surface area contributed by atoms with Crippen molar-refractivity contribution in [2.45, 2.75) is 46.5 Å². The van der Waals surface area contributed by atoms with Crippen molar-refractivity contribution in [3.63, 3.8) is 0 Å². The molecule has 0 unspecified atom stereocenters. The molecule has 3 heteroatoms. The van der Waals surface area contributed by atoms with Gasteiger partial charge in [-0.1, -0.05) is 36.4 Å². The minimum atomic E-state index is 0.357. The Balaban J connectivity index is 2.58. The highest BCUT2D eigenvalue weighted by molar-refractivity contribution is 5.63. The SMILES string of the molecule is C=NCCCC(c1ccccc1N(CC)CC)c1ccccc1N(CC)CC. The van der Waals surface area contributed by atoms with Gasteiger partial charge in [-0.25, -0.2) is 0 Å². The lowest BCUT2D eigenvalue weighted by atomic mass is 9.84. The Hall–Kier alpha value is -2.29. The van der Waals surface area contributed by atoms with E-state index in [1.165, 1.54) is 22.5 Å². The molecule has 0 bridgehead atoms. The largest absolute Gasteiger partial charge is 0.372 e. The summed E-state index contributed by atoms with van der Waals surface area (Å²) in [6.07, 6.45) is 2.13. The van der Waals surface area contributed by atoms with Crippen LogP contribution in [0.5, 0.6) is 0 Å². The number of hydrogen-bond donors (Lipinski definition) is 0. The summed E-state index contributed by atoms with van der Waals surface area (Å²) >= 11 is 0. The normalized spacial score (nSPS) is 10.9. The fourth-order valence-electron chi connectivity index (χ4n) is 4.15. The molecule has 152 valence electrons. The van der Waals surface area contributed by atoms with E-state index in [9.17, 15) is 0 Å². The number of rotatable bonds is 12. The second-order valence-electron chi connectivity index (χ2n) is 7.10. The third-order valence-corrected chi connectivity index (χ3v) is 5.64. The maximum absolute atomic E-state index is 4.10. The molecule has 28 heavy (non-hydrogen) atoms. The number of hydrogen-bond acceptors (Lipinski definition) is 3. The Morgan fingerprint density at radius 2 is 1.18 bits per heavy atom. The minimum Gasteiger partial charge on any atom is -0.372 e. The van der Waals surface area contributed by atoms with Crippen molar-refractivity contribution in [2.75, 3.05) is 42.5 Å². The number of aliphatic imine (C=N–C) groups is 1. The van der Waals surface area contributed by atoms with Crippen LogP contribution < -0.4 is 9.80 Å². The Morgan fingerprint density at radius 3 is 1.57 bits per heavy atom. The van der Waals surface area contributed by atoms with Crippen LogP contribution in [0, 0.1) is 0 Å². The summed E-state index contributed by atoms with van der Waals surface area (Å²) in [4.78, 5) is 9.04. The zero-order valence-electron chi connectivity index (χ0n) is 18.2. The summed E-state index contributed by atoms with van der Waals surface area (Å²) in [5.74, 6) is 0.357. The third kappa shape index (κ3) is 5.15. The van der Waals surface area contributed by atoms with Gasteiger partial charge in [0.15, 0.2) is 0 Å². The van der Waals surface area contributed by atoms with Crippen molar-refractivity contribution in [1.29, 1.82) is 0 Å². The molecule has 0 saturated carbocycles. The van der Waals surface area contributed by atoms with E-state index in [0.717, 1.165) is 45.6 Å². The average Bonchev–Trinajstić information content (AvgIpc) is 2.74. The molecule has 0 amide bonds. The molecule has 2 rings (SSSR count). The Morgan fingerprint density at radius 1 is 0.750 bits per heavy atom. The summed E-state index contributed by atoms with van der Waals surface area (Å²) in [6.45, 7) is 17.5. The summed E-state index contributed by atoms with van der Waals surface area (Å²) in [6, 6.07) is 17.9. The maximum atomic E-state index is 4.10. The van der Waals surface area contributed by atoms with E-state index in [2.05, 4.69) is 97.7 Å². The lowest BCUT2D eigenvalue weighted by Crippen LogP contribution is -2.26. The summed E-state index contributed by atoms with van der Waals surface area (Å²) < 4.78 is 0. The Labute approximate surface area is 172 Å². The van der Waals surface area contributed by atoms with Crippen molar-refractivity contribution < 1.29 is 0 Å². The van der Waals surface area contributed by atoms with Crippen LogP contribution in [0.4, 0.5) is 11.4 Å². The molecule has 0 aromatic heterocycles. The topological polar surface area (TPSA) is 18.8 Å². The molecule has 3 nitrogen and oxygen atoms in total. The first kappa shape index (κ1) is 22.0. The van der Waals surface area contributed by atoms with Crippen LogP contribution in [0.2, 0.25) is 0 Å². The van der Waals surface area contributed by atoms with Gasteiger partial charge in [0, 0.05) is 50.0 Å². The molecule has 0 spiro atoms. The summed E-state index contributed by atoms with van der Waals surface area (Å²) in [5, 5.41) is 0. The highest BCUT2D eigenvalue weighted by Gasteiger charge is 2.23. The summed E-state index contributed by atoms with van der Waals surface area (Å²) in [5.41, 5.74) is 5.57. The molecule has 0 aliphatic carbocycles. The van der Waals surface area contributed by atoms with Crippen LogP contribution in [0.15, 0.2) is 53.5 Å². The lowest BCUT2D eigenvalue weighted by molar-refractivity contribution is 0.664. The molecule has 0 N–H and O–H groups in total. The van der Waals surface area contributed by atoms with E-state index >= 15 is 0 Å². The first-order valence-corrected chi connectivity index (χ1v) is 10.8. The molecule has 0 radical (unpaired) electrons. The van der Waals surface area contributed by atoms with Crippen molar-refractivity contribution in [2.24, 2.45) is 4.99 Å². The monoisotopic (exact) mass is 379 g/mol. The van der Waals surface area contributed by atoms with Gasteiger partial charge in [-0.15, -0.1) is 0 Å². The maximum Gasteiger partial charge on any atom is 0.0404 e. The van der Waals surface area contributed by atoms with E-state index in [1.807, 2.05) is 0 Å². The van der Waals surface area contributed by atoms with Gasteiger partial charge in [0.25, 0.3) is 0 Å². The van der Waals surface area contributed by atoms with Gasteiger partial charge < -0.3 is 14.8 Å². The van der Waals surface area contributed by atoms with Gasteiger partial charge in [-0.2, -0.15) is 0 Å². The van der Waals surface area contributed by atoms with Gasteiger partial charge >= 0.3 is 0 Å². The van der Waals surface area contributed by atoms with Crippen molar-refractivity contribution >= 4 is 18.1 Å². The van der Waals surface area contributed by atoms with Crippen molar-refractivity contribution in [3.05, 3.63) is 59.7 Å². The predicted octanol–water partition coefficient (Wildman–Crippen LogP) is 5.99. The molecule has 2 aromatic carbocycles. The number of para-hydroxylation sites is 2. The van der Waals surface area contributed by atoms with Gasteiger partial charge in [-0.05, 0) is 70.5 Å². The molecule has 0 aliphatic heterocycles. The van der Waals surface area contributed by atoms with Crippen LogP contribution in [0.1, 0.15) is 57.6 Å². The van der Waals surface area contributed by atoms with E-state index in [0.29, 0.717) is 5.92 Å². The lowest BCUT2D eigenvalue weighted by Gasteiger charge is -2.31. The van der Waals surface area contributed by atoms with E-state index in [1.54, 1.807) is 0 Å². The number of nitrogens with zero attached hydrogens (tertiary/aromatic N) is 3. The first-order chi connectivity index (χ1) is 13.7. The molecule has 0 heterocycles. The van der Waals surface area contributed by atoms with E-state index in [-0.39, 0.29) is 0 Å². The third-order valence-electron chi connectivity index (χ3n) is 5.64. The number of benzene rings is 2. The Bertz CT molecular complexity index is 662. The zero-order chi connectivity index (χ0) is 20.4. The van der Waals surface area contributed by atoms with Crippen molar-refractivity contribution in [3.8, 4) is 0 Å². The van der Waals surface area contributed by atoms with Gasteiger partial charge in [-0.3, -0.25) is 0 Å². The average molecular weight is 380 g/mol. The van der Waals surface area contributed by atoms with E-state index in [4.69, 9.17) is 0 Å². The molecular weight excluding hydrogens is 342 g/mol. The first-order valence-electron chi connectivity index (χ1n) is 10.8. The van der Waals surface area contributed by atoms with E-state index < -0.39 is 0 Å². The minimum absolute atomic E-state index is 0.357. The molecule has 2 aromatic rings. The summed E-state index contributed by atoms with van der Waals surface area (Å²) in [7, 11) is 0. The van der Waals surface area contributed by atoms with Crippen LogP contribution in [-0.4, -0.2) is 39.4 Å². The second kappa shape index (κ2) is 11.5. The quantitative estimate of drug-likeness (QED) is 0.333. The van der Waals surface area contributed by atoms with Gasteiger partial charge in [0.05, 0.1) is 0 Å². The predicted molar refractivity (Wildman–Crippen MR) is 125 cm³/mol. The van der Waals surface area contributed by atoms with Crippen LogP contribution >= 0.6 is 0 Å². The zero-order valence-corrected chi connectivity index (χ0v) is 18.2. The fraction of sp³-hybridized carbons (Fsp3) is 0.480. The second-order valence-corrected chi connectivity index (χ2v) is 7.10. The molecular formula is C25H37N3. The standard InChI is InChI=1S/C25H37N3/c1-6-27(7-2)24-18-12-10-15-22(24)21(17-14-20-26-5)23-16-11-13-19-25(23)28(8-3)9-4/h10-13,15-16,18-19,21H,5-9,14,17,20H2,1-4H3. The molecule has 0 aliphatic rings.